The number of nitrogens with one attached hydrogen (secondary N) is 2. The smallest absolute Gasteiger partial charge is 0.262 e. The van der Waals surface area contributed by atoms with Crippen molar-refractivity contribution in [3.63, 3.8) is 0 Å². The maximum atomic E-state index is 12.7. The molecular weight excluding hydrogens is 374 g/mol. The van der Waals surface area contributed by atoms with Gasteiger partial charge in [-0.2, -0.15) is 0 Å². The molecule has 7 heteroatoms. The monoisotopic (exact) mass is 393 g/mol. The van der Waals surface area contributed by atoms with E-state index in [2.05, 4.69) is 29.5 Å². The molecule has 0 atom stereocenters. The van der Waals surface area contributed by atoms with Gasteiger partial charge in [0.15, 0.2) is 6.61 Å². The molecule has 6 nitrogen and oxygen atoms in total. The number of nitrogens with zero attached hydrogens (tertiary/aromatic N) is 1. The Morgan fingerprint density at radius 1 is 1.25 bits per heavy atom. The lowest BCUT2D eigenvalue weighted by Crippen LogP contribution is -2.25. The predicted molar refractivity (Wildman–Crippen MR) is 110 cm³/mol. The summed E-state index contributed by atoms with van der Waals surface area (Å²) in [5, 5.41) is 6.68. The van der Waals surface area contributed by atoms with Crippen molar-refractivity contribution in [1.29, 1.82) is 0 Å². The molecule has 0 unspecified atom stereocenters. The lowest BCUT2D eigenvalue weighted by Gasteiger charge is -2.18. The fraction of sp³-hybridized carbons (Fsp3) is 0.190. The highest BCUT2D eigenvalue weighted by Crippen LogP contribution is 2.32. The van der Waals surface area contributed by atoms with Crippen molar-refractivity contribution in [1.82, 2.24) is 4.98 Å². The Labute approximate surface area is 166 Å². The van der Waals surface area contributed by atoms with Crippen molar-refractivity contribution >= 4 is 34.5 Å². The summed E-state index contributed by atoms with van der Waals surface area (Å²) in [6.07, 6.45) is 1.85. The van der Waals surface area contributed by atoms with Gasteiger partial charge in [-0.05, 0) is 29.8 Å². The number of aromatic nitrogens is 1. The van der Waals surface area contributed by atoms with Gasteiger partial charge in [-0.15, -0.1) is 11.3 Å². The van der Waals surface area contributed by atoms with Gasteiger partial charge in [0.25, 0.3) is 11.8 Å². The van der Waals surface area contributed by atoms with Crippen molar-refractivity contribution in [2.75, 3.05) is 17.2 Å². The van der Waals surface area contributed by atoms with Crippen LogP contribution in [0.3, 0.4) is 0 Å². The van der Waals surface area contributed by atoms with E-state index in [-0.39, 0.29) is 18.4 Å². The maximum absolute atomic E-state index is 12.7. The van der Waals surface area contributed by atoms with E-state index < -0.39 is 0 Å². The van der Waals surface area contributed by atoms with E-state index in [1.807, 2.05) is 24.4 Å². The first-order valence-corrected chi connectivity index (χ1v) is 9.75. The topological polar surface area (TPSA) is 80.3 Å². The van der Waals surface area contributed by atoms with Crippen molar-refractivity contribution < 1.29 is 14.3 Å². The number of amides is 2. The number of carbonyl (C=O) groups is 2. The Bertz CT molecular complexity index is 1060. The second-order valence-corrected chi connectivity index (χ2v) is 7.86. The van der Waals surface area contributed by atoms with E-state index in [4.69, 9.17) is 4.74 Å². The van der Waals surface area contributed by atoms with Gasteiger partial charge in [-0.1, -0.05) is 26.0 Å². The van der Waals surface area contributed by atoms with Gasteiger partial charge in [-0.25, -0.2) is 4.98 Å². The molecule has 0 fully saturated rings. The standard InChI is InChI=1S/C21H19N3O3S/c1-12(2)21-22-10-18(28-21)13-4-3-5-14(8-13)20(26)23-15-6-7-16-17(9-15)27-11-19(25)24-16/h3-10,12H,11H2,1-2H3,(H,23,26)(H,24,25). The molecule has 2 heterocycles. The summed E-state index contributed by atoms with van der Waals surface area (Å²) in [5.74, 6) is 0.512. The molecule has 1 aliphatic rings. The number of carbonyl (C=O) groups excluding carboxylic acids is 2. The highest BCUT2D eigenvalue weighted by molar-refractivity contribution is 7.15. The van der Waals surface area contributed by atoms with Crippen molar-refractivity contribution in [2.45, 2.75) is 19.8 Å². The van der Waals surface area contributed by atoms with Crippen LogP contribution in [0.15, 0.2) is 48.7 Å². The van der Waals surface area contributed by atoms with Gasteiger partial charge in [0.2, 0.25) is 0 Å². The van der Waals surface area contributed by atoms with Crippen LogP contribution in [-0.2, 0) is 4.79 Å². The van der Waals surface area contributed by atoms with E-state index in [1.165, 1.54) is 0 Å². The first-order valence-electron chi connectivity index (χ1n) is 8.94. The molecule has 142 valence electrons. The largest absolute Gasteiger partial charge is 0.482 e. The van der Waals surface area contributed by atoms with Gasteiger partial charge in [0.05, 0.1) is 15.6 Å². The zero-order chi connectivity index (χ0) is 19.7. The van der Waals surface area contributed by atoms with Crippen LogP contribution in [0.1, 0.15) is 35.1 Å². The van der Waals surface area contributed by atoms with Crippen molar-refractivity contribution in [3.8, 4) is 16.2 Å². The van der Waals surface area contributed by atoms with Gasteiger partial charge in [0.1, 0.15) is 5.75 Å². The summed E-state index contributed by atoms with van der Waals surface area (Å²) in [4.78, 5) is 29.5. The minimum absolute atomic E-state index is 0.0281. The third-order valence-corrected chi connectivity index (χ3v) is 5.65. The normalized spacial score (nSPS) is 12.9. The lowest BCUT2D eigenvalue weighted by atomic mass is 10.1. The maximum Gasteiger partial charge on any atom is 0.262 e. The molecule has 2 N–H and O–H groups in total. The van der Waals surface area contributed by atoms with Gasteiger partial charge in [-0.3, -0.25) is 9.59 Å². The first-order chi connectivity index (χ1) is 13.5. The van der Waals surface area contributed by atoms with Crippen LogP contribution in [0.5, 0.6) is 5.75 Å². The molecule has 28 heavy (non-hydrogen) atoms. The molecule has 1 aliphatic heterocycles. The molecule has 2 aromatic carbocycles. The molecule has 0 radical (unpaired) electrons. The summed E-state index contributed by atoms with van der Waals surface area (Å²) >= 11 is 1.64. The van der Waals surface area contributed by atoms with E-state index >= 15 is 0 Å². The molecular formula is C21H19N3O3S. The lowest BCUT2D eigenvalue weighted by molar-refractivity contribution is -0.118. The molecule has 0 aliphatic carbocycles. The highest BCUT2D eigenvalue weighted by atomic mass is 32.1. The summed E-state index contributed by atoms with van der Waals surface area (Å²) in [5.41, 5.74) is 2.73. The summed E-state index contributed by atoms with van der Waals surface area (Å²) in [6, 6.07) is 12.6. The minimum atomic E-state index is -0.213. The molecule has 0 saturated carbocycles. The van der Waals surface area contributed by atoms with Crippen LogP contribution in [-0.4, -0.2) is 23.4 Å². The van der Waals surface area contributed by atoms with Gasteiger partial charge < -0.3 is 15.4 Å². The number of hydrogen-bond donors (Lipinski definition) is 2. The quantitative estimate of drug-likeness (QED) is 0.683. The fourth-order valence-electron chi connectivity index (χ4n) is 2.86. The SMILES string of the molecule is CC(C)c1ncc(-c2cccc(C(=O)Nc3ccc4c(c3)OCC(=O)N4)c2)s1. The average molecular weight is 393 g/mol. The third-order valence-electron chi connectivity index (χ3n) is 4.30. The van der Waals surface area contributed by atoms with Crippen molar-refractivity contribution in [3.05, 3.63) is 59.2 Å². The van der Waals surface area contributed by atoms with E-state index in [1.54, 1.807) is 35.6 Å². The van der Waals surface area contributed by atoms with Gasteiger partial charge in [0, 0.05) is 29.4 Å². The Hall–Kier alpha value is -3.19. The average Bonchev–Trinajstić information content (AvgIpc) is 3.19. The Kier molecular flexibility index (Phi) is 4.83. The van der Waals surface area contributed by atoms with Gasteiger partial charge >= 0.3 is 0 Å². The Morgan fingerprint density at radius 2 is 2.11 bits per heavy atom. The van der Waals surface area contributed by atoms with E-state index in [0.717, 1.165) is 15.4 Å². The summed E-state index contributed by atoms with van der Waals surface area (Å²) in [6.45, 7) is 4.19. The number of anilines is 2. The molecule has 0 spiro atoms. The van der Waals surface area contributed by atoms with E-state index in [0.29, 0.717) is 28.6 Å². The Balaban J connectivity index is 1.53. The number of fused-ring (bicyclic) bond motifs is 1. The molecule has 4 rings (SSSR count). The molecule has 2 amide bonds. The second kappa shape index (κ2) is 7.44. The number of rotatable bonds is 4. The second-order valence-electron chi connectivity index (χ2n) is 6.80. The molecule has 3 aromatic rings. The summed E-state index contributed by atoms with van der Waals surface area (Å²) in [7, 11) is 0. The first kappa shape index (κ1) is 18.2. The predicted octanol–water partition coefficient (Wildman–Crippen LogP) is 4.52. The number of benzene rings is 2. The molecule has 0 saturated heterocycles. The van der Waals surface area contributed by atoms with Crippen LogP contribution in [0.2, 0.25) is 0 Å². The Morgan fingerprint density at radius 3 is 2.89 bits per heavy atom. The zero-order valence-electron chi connectivity index (χ0n) is 15.5. The van der Waals surface area contributed by atoms with Crippen LogP contribution in [0, 0.1) is 0 Å². The van der Waals surface area contributed by atoms with Crippen LogP contribution in [0.4, 0.5) is 11.4 Å². The molecule has 1 aromatic heterocycles. The zero-order valence-corrected chi connectivity index (χ0v) is 16.3. The number of thiazole rings is 1. The van der Waals surface area contributed by atoms with Crippen LogP contribution in [0.25, 0.3) is 10.4 Å². The van der Waals surface area contributed by atoms with E-state index in [9.17, 15) is 9.59 Å². The highest BCUT2D eigenvalue weighted by Gasteiger charge is 2.17. The minimum Gasteiger partial charge on any atom is -0.482 e. The van der Waals surface area contributed by atoms with Crippen LogP contribution >= 0.6 is 11.3 Å². The molecule has 0 bridgehead atoms. The third kappa shape index (κ3) is 3.75. The summed E-state index contributed by atoms with van der Waals surface area (Å²) < 4.78 is 5.39. The van der Waals surface area contributed by atoms with Crippen molar-refractivity contribution in [2.24, 2.45) is 0 Å². The number of hydrogen-bond acceptors (Lipinski definition) is 5. The van der Waals surface area contributed by atoms with Crippen LogP contribution < -0.4 is 15.4 Å². The number of ether oxygens (including phenoxy) is 1. The fourth-order valence-corrected chi connectivity index (χ4v) is 3.77.